The highest BCUT2D eigenvalue weighted by Crippen LogP contribution is 1.84. The molecule has 0 bridgehead atoms. The molecule has 29 heavy (non-hydrogen) atoms. The molecule has 0 spiro atoms. The lowest BCUT2D eigenvalue weighted by molar-refractivity contribution is -0.142. The number of carbonyl (C=O) groups is 6. The van der Waals surface area contributed by atoms with Gasteiger partial charge in [0.25, 0.3) is 0 Å². The van der Waals surface area contributed by atoms with Gasteiger partial charge < -0.3 is 47.6 Å². The van der Waals surface area contributed by atoms with Gasteiger partial charge in [0.1, 0.15) is 12.1 Å². The van der Waals surface area contributed by atoms with Crippen LogP contribution in [-0.4, -0.2) is 102 Å². The zero-order valence-corrected chi connectivity index (χ0v) is 15.3. The Hall–Kier alpha value is -3.30. The summed E-state index contributed by atoms with van der Waals surface area (Å²) in [7, 11) is 0. The van der Waals surface area contributed by atoms with Crippen LogP contribution >= 0.6 is 0 Å². The van der Waals surface area contributed by atoms with Crippen LogP contribution in [0.2, 0.25) is 0 Å². The molecular formula is C14H24N6O9. The van der Waals surface area contributed by atoms with Gasteiger partial charge in [0, 0.05) is 0 Å². The number of rotatable bonds is 13. The number of carboxylic acids is 1. The van der Waals surface area contributed by atoms with Crippen molar-refractivity contribution >= 4 is 35.5 Å². The average molecular weight is 420 g/mol. The Bertz CT molecular complexity index is 627. The fraction of sp³-hybridized carbons (Fsp3) is 0.571. The third-order valence-corrected chi connectivity index (χ3v) is 3.15. The average Bonchev–Trinajstić information content (AvgIpc) is 2.70. The predicted octanol–water partition coefficient (Wildman–Crippen LogP) is -6.67. The number of hydrogen-bond acceptors (Lipinski definition) is 9. The van der Waals surface area contributed by atoms with Crippen molar-refractivity contribution in [2.24, 2.45) is 5.73 Å². The summed E-state index contributed by atoms with van der Waals surface area (Å²) in [5.41, 5.74) is 5.04. The van der Waals surface area contributed by atoms with Gasteiger partial charge in [-0.25, -0.2) is 4.79 Å². The van der Waals surface area contributed by atoms with Crippen LogP contribution in [-0.2, 0) is 28.8 Å². The highest BCUT2D eigenvalue weighted by atomic mass is 16.4. The third-order valence-electron chi connectivity index (χ3n) is 3.15. The number of carbonyl (C=O) groups excluding carboxylic acids is 5. The van der Waals surface area contributed by atoms with Gasteiger partial charge in [-0.3, -0.25) is 24.0 Å². The van der Waals surface area contributed by atoms with E-state index in [1.54, 1.807) is 0 Å². The molecule has 2 unspecified atom stereocenters. The van der Waals surface area contributed by atoms with Crippen LogP contribution in [0.3, 0.4) is 0 Å². The molecule has 10 N–H and O–H groups in total. The Kier molecular flexibility index (Phi) is 12.2. The molecule has 0 aliphatic rings. The van der Waals surface area contributed by atoms with Crippen molar-refractivity contribution < 1.29 is 44.1 Å². The number of aliphatic carboxylic acids is 1. The number of amides is 5. The van der Waals surface area contributed by atoms with Crippen LogP contribution in [0.15, 0.2) is 0 Å². The lowest BCUT2D eigenvalue weighted by atomic mass is 10.3. The molecule has 0 saturated heterocycles. The van der Waals surface area contributed by atoms with Crippen molar-refractivity contribution in [1.82, 2.24) is 26.6 Å². The minimum Gasteiger partial charge on any atom is -0.480 e. The SMILES string of the molecule is NCC(=O)NCC(=O)NC(CO)C(=O)NCC(=O)NCC(=O)NC(CO)C(=O)O. The molecule has 0 radical (unpaired) electrons. The minimum atomic E-state index is -1.53. The first-order valence-electron chi connectivity index (χ1n) is 8.19. The fourth-order valence-electron chi connectivity index (χ4n) is 1.65. The van der Waals surface area contributed by atoms with E-state index >= 15 is 0 Å². The maximum absolute atomic E-state index is 11.9. The van der Waals surface area contributed by atoms with E-state index in [1.165, 1.54) is 0 Å². The van der Waals surface area contributed by atoms with Gasteiger partial charge >= 0.3 is 5.97 Å². The Morgan fingerprint density at radius 2 is 1.14 bits per heavy atom. The summed E-state index contributed by atoms with van der Waals surface area (Å²) in [5, 5.41) is 37.0. The molecule has 15 nitrogen and oxygen atoms in total. The Labute approximate surface area is 164 Å². The van der Waals surface area contributed by atoms with Crippen LogP contribution in [0.1, 0.15) is 0 Å². The fourth-order valence-corrected chi connectivity index (χ4v) is 1.65. The molecule has 15 heteroatoms. The van der Waals surface area contributed by atoms with Crippen molar-refractivity contribution in [3.63, 3.8) is 0 Å². The van der Waals surface area contributed by atoms with Gasteiger partial charge in [0.15, 0.2) is 0 Å². The Morgan fingerprint density at radius 1 is 0.690 bits per heavy atom. The molecule has 0 aromatic heterocycles. The zero-order valence-electron chi connectivity index (χ0n) is 15.3. The van der Waals surface area contributed by atoms with E-state index in [0.29, 0.717) is 0 Å². The van der Waals surface area contributed by atoms with Gasteiger partial charge in [-0.1, -0.05) is 0 Å². The highest BCUT2D eigenvalue weighted by Gasteiger charge is 2.21. The molecule has 0 aromatic carbocycles. The van der Waals surface area contributed by atoms with Crippen molar-refractivity contribution in [3.05, 3.63) is 0 Å². The van der Waals surface area contributed by atoms with Crippen LogP contribution in [0.4, 0.5) is 0 Å². The third kappa shape index (κ3) is 11.2. The first kappa shape index (κ1) is 25.7. The van der Waals surface area contributed by atoms with Crippen LogP contribution in [0, 0.1) is 0 Å². The van der Waals surface area contributed by atoms with Gasteiger partial charge in [-0.15, -0.1) is 0 Å². The van der Waals surface area contributed by atoms with Crippen LogP contribution in [0.25, 0.3) is 0 Å². The second-order valence-corrected chi connectivity index (χ2v) is 5.42. The summed E-state index contributed by atoms with van der Waals surface area (Å²) in [4.78, 5) is 68.1. The van der Waals surface area contributed by atoms with E-state index in [2.05, 4.69) is 21.3 Å². The molecule has 0 aromatic rings. The molecule has 0 fully saturated rings. The Balaban J connectivity index is 4.29. The van der Waals surface area contributed by atoms with E-state index < -0.39 is 80.4 Å². The molecule has 2 atom stereocenters. The molecule has 0 rings (SSSR count). The van der Waals surface area contributed by atoms with Gasteiger partial charge in [-0.2, -0.15) is 0 Å². The van der Waals surface area contributed by atoms with E-state index in [-0.39, 0.29) is 6.54 Å². The summed E-state index contributed by atoms with van der Waals surface area (Å²) >= 11 is 0. The second kappa shape index (κ2) is 13.8. The standard InChI is InChI=1S/C14H24N6O9/c15-1-9(23)16-3-11(25)19-7(5-21)13(27)18-2-10(24)17-4-12(26)20-8(6-22)14(28)29/h7-8,21-22H,1-6,15H2,(H,16,23)(H,17,24)(H,18,27)(H,19,25)(H,20,26)(H,28,29). The summed E-state index contributed by atoms with van der Waals surface area (Å²) in [5.74, 6) is -5.44. The lowest BCUT2D eigenvalue weighted by Gasteiger charge is -2.16. The quantitative estimate of drug-likeness (QED) is 0.136. The number of hydrogen-bond donors (Lipinski definition) is 9. The van der Waals surface area contributed by atoms with Crippen molar-refractivity contribution in [3.8, 4) is 0 Å². The molecule has 0 aliphatic heterocycles. The molecule has 0 aliphatic carbocycles. The number of nitrogens with one attached hydrogen (secondary N) is 5. The van der Waals surface area contributed by atoms with E-state index in [9.17, 15) is 28.8 Å². The summed E-state index contributed by atoms with van der Waals surface area (Å²) < 4.78 is 0. The molecule has 0 heterocycles. The van der Waals surface area contributed by atoms with Crippen molar-refractivity contribution in [1.29, 1.82) is 0 Å². The maximum atomic E-state index is 11.9. The Morgan fingerprint density at radius 3 is 1.59 bits per heavy atom. The molecule has 164 valence electrons. The van der Waals surface area contributed by atoms with Gasteiger partial charge in [0.2, 0.25) is 29.5 Å². The van der Waals surface area contributed by atoms with E-state index in [1.807, 2.05) is 5.32 Å². The summed E-state index contributed by atoms with van der Waals surface area (Å²) in [6.07, 6.45) is 0. The van der Waals surface area contributed by atoms with Crippen LogP contribution in [0.5, 0.6) is 0 Å². The van der Waals surface area contributed by atoms with Gasteiger partial charge in [0.05, 0.1) is 39.4 Å². The number of aliphatic hydroxyl groups is 2. The zero-order chi connectivity index (χ0) is 22.4. The number of nitrogens with two attached hydrogens (primary N) is 1. The second-order valence-electron chi connectivity index (χ2n) is 5.42. The first-order valence-corrected chi connectivity index (χ1v) is 8.19. The minimum absolute atomic E-state index is 0.332. The van der Waals surface area contributed by atoms with E-state index in [0.717, 1.165) is 0 Å². The van der Waals surface area contributed by atoms with Crippen molar-refractivity contribution in [2.45, 2.75) is 12.1 Å². The van der Waals surface area contributed by atoms with Crippen LogP contribution < -0.4 is 32.3 Å². The summed E-state index contributed by atoms with van der Waals surface area (Å²) in [6, 6.07) is -2.92. The number of carboxylic acid groups (broad SMARTS) is 1. The summed E-state index contributed by atoms with van der Waals surface area (Å²) in [6.45, 7) is -3.65. The molecule has 0 saturated carbocycles. The monoisotopic (exact) mass is 420 g/mol. The smallest absolute Gasteiger partial charge is 0.328 e. The normalized spacial score (nSPS) is 12.1. The van der Waals surface area contributed by atoms with Crippen molar-refractivity contribution in [2.75, 3.05) is 39.4 Å². The first-order chi connectivity index (χ1) is 13.6. The lowest BCUT2D eigenvalue weighted by Crippen LogP contribution is -2.53. The topological polar surface area (TPSA) is 249 Å². The number of aliphatic hydroxyl groups excluding tert-OH is 2. The molecular weight excluding hydrogens is 396 g/mol. The van der Waals surface area contributed by atoms with Gasteiger partial charge in [-0.05, 0) is 0 Å². The van der Waals surface area contributed by atoms with E-state index in [4.69, 9.17) is 21.1 Å². The largest absolute Gasteiger partial charge is 0.480 e. The maximum Gasteiger partial charge on any atom is 0.328 e. The predicted molar refractivity (Wildman–Crippen MR) is 93.8 cm³/mol. The highest BCUT2D eigenvalue weighted by molar-refractivity contribution is 5.93. The molecule has 5 amide bonds.